The second-order valence-corrected chi connectivity index (χ2v) is 7.63. The van der Waals surface area contributed by atoms with E-state index in [2.05, 4.69) is 12.2 Å². The first kappa shape index (κ1) is 20.7. The zero-order chi connectivity index (χ0) is 18.7. The maximum Gasteiger partial charge on any atom is 0.161 e. The highest BCUT2D eigenvalue weighted by Gasteiger charge is 2.27. The minimum Gasteiger partial charge on any atom is -0.353 e. The molecule has 0 amide bonds. The summed E-state index contributed by atoms with van der Waals surface area (Å²) in [5, 5.41) is 0. The molecule has 5 nitrogen and oxygen atoms in total. The van der Waals surface area contributed by atoms with E-state index in [4.69, 9.17) is 18.9 Å². The van der Waals surface area contributed by atoms with E-state index in [9.17, 15) is 4.79 Å². The van der Waals surface area contributed by atoms with Crippen molar-refractivity contribution in [1.29, 1.82) is 0 Å². The van der Waals surface area contributed by atoms with Crippen LogP contribution in [0.25, 0.3) is 0 Å². The fourth-order valence-electron chi connectivity index (χ4n) is 3.72. The summed E-state index contributed by atoms with van der Waals surface area (Å²) in [6.45, 7) is 2.37. The zero-order valence-corrected chi connectivity index (χ0v) is 16.4. The normalized spacial score (nSPS) is 29.4. The first-order valence-electron chi connectivity index (χ1n) is 10.7. The third kappa shape index (κ3) is 7.49. The lowest BCUT2D eigenvalue weighted by Gasteiger charge is -2.24. The van der Waals surface area contributed by atoms with E-state index in [1.807, 2.05) is 6.08 Å². The van der Waals surface area contributed by atoms with Gasteiger partial charge in [0.2, 0.25) is 0 Å². The Balaban J connectivity index is 1.25. The largest absolute Gasteiger partial charge is 0.353 e. The minimum atomic E-state index is -0.135. The summed E-state index contributed by atoms with van der Waals surface area (Å²) in [7, 11) is 0. The van der Waals surface area contributed by atoms with Gasteiger partial charge in [-0.25, -0.2) is 0 Å². The van der Waals surface area contributed by atoms with E-state index in [1.165, 1.54) is 6.42 Å². The molecule has 2 heterocycles. The number of hydrogen-bond donors (Lipinski definition) is 0. The van der Waals surface area contributed by atoms with Crippen LogP contribution in [0.15, 0.2) is 23.8 Å². The number of allylic oxidation sites excluding steroid dienone is 3. The molecule has 0 aromatic heterocycles. The van der Waals surface area contributed by atoms with Gasteiger partial charge in [-0.05, 0) is 75.9 Å². The zero-order valence-electron chi connectivity index (χ0n) is 16.4. The molecule has 0 N–H and O–H groups in total. The fourth-order valence-corrected chi connectivity index (χ4v) is 3.72. The summed E-state index contributed by atoms with van der Waals surface area (Å²) in [4.78, 5) is 12.1. The Kier molecular flexibility index (Phi) is 9.01. The predicted octanol–water partition coefficient (Wildman–Crippen LogP) is 4.46. The molecule has 0 aromatic rings. The summed E-state index contributed by atoms with van der Waals surface area (Å²) >= 11 is 0. The average Bonchev–Trinajstić information content (AvgIpc) is 3.04. The Morgan fingerprint density at radius 3 is 2.52 bits per heavy atom. The van der Waals surface area contributed by atoms with E-state index in [0.717, 1.165) is 76.8 Å². The smallest absolute Gasteiger partial charge is 0.161 e. The van der Waals surface area contributed by atoms with E-state index in [0.29, 0.717) is 12.8 Å². The van der Waals surface area contributed by atoms with E-state index in [1.54, 1.807) is 0 Å². The number of ether oxygens (including phenoxy) is 4. The van der Waals surface area contributed by atoms with Gasteiger partial charge in [0.25, 0.3) is 0 Å². The molecule has 5 heteroatoms. The van der Waals surface area contributed by atoms with Crippen LogP contribution >= 0.6 is 0 Å². The maximum absolute atomic E-state index is 12.1. The standard InChI is InChI=1S/C22H34O5/c23-20-17-19(27-22-12-6-9-15-26-22)16-18(20)10-4-2-1-3-7-13-24-21-11-5-8-14-25-21/h2,4,16,19,21-22H,1,3,5-15,17H2/b4-2-/t19-,21?,22?/m0/s1. The van der Waals surface area contributed by atoms with Gasteiger partial charge in [0.15, 0.2) is 18.4 Å². The number of carbonyl (C=O) groups is 1. The van der Waals surface area contributed by atoms with Crippen LogP contribution in [-0.2, 0) is 23.7 Å². The molecule has 0 spiro atoms. The third-order valence-electron chi connectivity index (χ3n) is 5.31. The van der Waals surface area contributed by atoms with Crippen LogP contribution in [0.3, 0.4) is 0 Å². The summed E-state index contributed by atoms with van der Waals surface area (Å²) in [5.74, 6) is 0.210. The molecule has 0 bridgehead atoms. The van der Waals surface area contributed by atoms with Crippen LogP contribution in [0.4, 0.5) is 0 Å². The molecule has 3 aliphatic rings. The van der Waals surface area contributed by atoms with Crippen molar-refractivity contribution in [2.75, 3.05) is 19.8 Å². The molecule has 2 aliphatic heterocycles. The second kappa shape index (κ2) is 11.7. The number of carbonyl (C=O) groups excluding carboxylic acids is 1. The maximum atomic E-state index is 12.1. The molecule has 0 radical (unpaired) electrons. The van der Waals surface area contributed by atoms with E-state index < -0.39 is 0 Å². The molecule has 3 atom stereocenters. The topological polar surface area (TPSA) is 54.0 Å². The third-order valence-corrected chi connectivity index (χ3v) is 5.31. The van der Waals surface area contributed by atoms with Crippen LogP contribution in [0.2, 0.25) is 0 Å². The van der Waals surface area contributed by atoms with Crippen molar-refractivity contribution in [3.8, 4) is 0 Å². The Morgan fingerprint density at radius 1 is 1.00 bits per heavy atom. The second-order valence-electron chi connectivity index (χ2n) is 7.63. The van der Waals surface area contributed by atoms with Gasteiger partial charge >= 0.3 is 0 Å². The summed E-state index contributed by atoms with van der Waals surface area (Å²) < 4.78 is 22.8. The van der Waals surface area contributed by atoms with Crippen molar-refractivity contribution < 1.29 is 23.7 Å². The minimum absolute atomic E-state index is 0.0174. The molecule has 2 unspecified atom stereocenters. The van der Waals surface area contributed by atoms with Crippen LogP contribution < -0.4 is 0 Å². The van der Waals surface area contributed by atoms with Gasteiger partial charge in [0.1, 0.15) is 0 Å². The fraction of sp³-hybridized carbons (Fsp3) is 0.773. The molecule has 152 valence electrons. The van der Waals surface area contributed by atoms with Crippen LogP contribution in [0.1, 0.15) is 70.6 Å². The first-order chi connectivity index (χ1) is 13.3. The summed E-state index contributed by atoms with van der Waals surface area (Å²) in [6.07, 6.45) is 16.9. The van der Waals surface area contributed by atoms with Crippen molar-refractivity contribution in [2.45, 2.75) is 89.3 Å². The van der Waals surface area contributed by atoms with Gasteiger partial charge < -0.3 is 18.9 Å². The molecular formula is C22H34O5. The van der Waals surface area contributed by atoms with E-state index in [-0.39, 0.29) is 24.5 Å². The summed E-state index contributed by atoms with van der Waals surface area (Å²) in [6, 6.07) is 0. The highest BCUT2D eigenvalue weighted by atomic mass is 16.7. The highest BCUT2D eigenvalue weighted by molar-refractivity contribution is 5.98. The lowest BCUT2D eigenvalue weighted by Crippen LogP contribution is -2.26. The van der Waals surface area contributed by atoms with Gasteiger partial charge in [-0.1, -0.05) is 12.2 Å². The van der Waals surface area contributed by atoms with Gasteiger partial charge in [-0.3, -0.25) is 4.79 Å². The molecule has 2 fully saturated rings. The molecule has 3 rings (SSSR count). The average molecular weight is 379 g/mol. The van der Waals surface area contributed by atoms with Gasteiger partial charge in [0, 0.05) is 26.2 Å². The van der Waals surface area contributed by atoms with Crippen LogP contribution in [0, 0.1) is 0 Å². The number of unbranched alkanes of at least 4 members (excludes halogenated alkanes) is 2. The van der Waals surface area contributed by atoms with Gasteiger partial charge in [-0.15, -0.1) is 0 Å². The lowest BCUT2D eigenvalue weighted by atomic mass is 10.1. The van der Waals surface area contributed by atoms with Crippen molar-refractivity contribution >= 4 is 5.78 Å². The Labute approximate surface area is 163 Å². The number of Topliss-reactive ketones (excluding diaryl/α,β-unsaturated/α-hetero) is 1. The summed E-state index contributed by atoms with van der Waals surface area (Å²) in [5.41, 5.74) is 0.879. The monoisotopic (exact) mass is 378 g/mol. The van der Waals surface area contributed by atoms with Crippen LogP contribution in [-0.4, -0.2) is 44.3 Å². The molecule has 1 aliphatic carbocycles. The van der Waals surface area contributed by atoms with Gasteiger partial charge in [-0.2, -0.15) is 0 Å². The van der Waals surface area contributed by atoms with Crippen molar-refractivity contribution in [3.63, 3.8) is 0 Å². The lowest BCUT2D eigenvalue weighted by molar-refractivity contribution is -0.178. The molecular weight excluding hydrogens is 344 g/mol. The highest BCUT2D eigenvalue weighted by Crippen LogP contribution is 2.24. The van der Waals surface area contributed by atoms with E-state index >= 15 is 0 Å². The van der Waals surface area contributed by atoms with Gasteiger partial charge in [0.05, 0.1) is 6.10 Å². The molecule has 2 saturated heterocycles. The van der Waals surface area contributed by atoms with Crippen molar-refractivity contribution in [2.24, 2.45) is 0 Å². The van der Waals surface area contributed by atoms with Crippen molar-refractivity contribution in [1.82, 2.24) is 0 Å². The Bertz CT molecular complexity index is 501. The SMILES string of the molecule is O=C1C[C@@H](OC2CCCCO2)C=C1C/C=C\CCCCOC1CCCCO1. The Morgan fingerprint density at radius 2 is 1.78 bits per heavy atom. The Hall–Kier alpha value is -1.01. The number of hydrogen-bond acceptors (Lipinski definition) is 5. The van der Waals surface area contributed by atoms with Crippen molar-refractivity contribution in [3.05, 3.63) is 23.8 Å². The molecule has 0 aromatic carbocycles. The molecule has 0 saturated carbocycles. The quantitative estimate of drug-likeness (QED) is 0.415. The number of rotatable bonds is 10. The number of ketones is 1. The van der Waals surface area contributed by atoms with Crippen LogP contribution in [0.5, 0.6) is 0 Å². The first-order valence-corrected chi connectivity index (χ1v) is 10.7. The predicted molar refractivity (Wildman–Crippen MR) is 103 cm³/mol. The molecule has 27 heavy (non-hydrogen) atoms.